The van der Waals surface area contributed by atoms with Crippen LogP contribution in [0.1, 0.15) is 37.8 Å². The van der Waals surface area contributed by atoms with Crippen molar-refractivity contribution < 1.29 is 0 Å². The van der Waals surface area contributed by atoms with Gasteiger partial charge in [-0.2, -0.15) is 0 Å². The maximum atomic E-state index is 3.85. The highest BCUT2D eigenvalue weighted by Gasteiger charge is 2.24. The third-order valence-electron chi connectivity index (χ3n) is 3.88. The van der Waals surface area contributed by atoms with E-state index in [1.54, 1.807) is 0 Å². The van der Waals surface area contributed by atoms with Gasteiger partial charge in [-0.15, -0.1) is 0 Å². The van der Waals surface area contributed by atoms with E-state index in [1.807, 2.05) is 0 Å². The van der Waals surface area contributed by atoms with Crippen LogP contribution in [0.5, 0.6) is 0 Å². The quantitative estimate of drug-likeness (QED) is 0.859. The van der Waals surface area contributed by atoms with E-state index in [-0.39, 0.29) is 0 Å². The number of rotatable bonds is 5. The van der Waals surface area contributed by atoms with E-state index in [1.165, 1.54) is 24.8 Å². The van der Waals surface area contributed by atoms with Gasteiger partial charge in [-0.05, 0) is 44.8 Å². The molecule has 0 amide bonds. The smallest absolute Gasteiger partial charge is 0.0451 e. The molecule has 1 saturated carbocycles. The molecule has 1 aliphatic carbocycles. The first-order valence-corrected chi connectivity index (χ1v) is 7.11. The highest BCUT2D eigenvalue weighted by Crippen LogP contribution is 2.27. The Labute approximate surface area is 111 Å². The van der Waals surface area contributed by atoms with Gasteiger partial charge >= 0.3 is 0 Å². The van der Waals surface area contributed by atoms with Gasteiger partial charge in [0.2, 0.25) is 0 Å². The number of nitrogens with zero attached hydrogens (tertiary/aromatic N) is 1. The van der Waals surface area contributed by atoms with Crippen LogP contribution < -0.4 is 5.32 Å². The van der Waals surface area contributed by atoms with Crippen LogP contribution in [-0.4, -0.2) is 31.6 Å². The zero-order chi connectivity index (χ0) is 13.0. The molecule has 1 aromatic rings. The lowest BCUT2D eigenvalue weighted by molar-refractivity contribution is 0.317. The fourth-order valence-corrected chi connectivity index (χ4v) is 2.95. The first-order valence-electron chi connectivity index (χ1n) is 7.11. The van der Waals surface area contributed by atoms with Gasteiger partial charge in [0.1, 0.15) is 0 Å². The molecule has 100 valence electrons. The van der Waals surface area contributed by atoms with E-state index >= 15 is 0 Å². The second-order valence-corrected chi connectivity index (χ2v) is 6.01. The molecular formula is C16H26N2. The fourth-order valence-electron chi connectivity index (χ4n) is 2.95. The van der Waals surface area contributed by atoms with Crippen LogP contribution in [0.15, 0.2) is 30.3 Å². The van der Waals surface area contributed by atoms with Crippen molar-refractivity contribution in [2.75, 3.05) is 20.6 Å². The lowest BCUT2D eigenvalue weighted by Gasteiger charge is -2.26. The third-order valence-corrected chi connectivity index (χ3v) is 3.88. The summed E-state index contributed by atoms with van der Waals surface area (Å²) in [6.45, 7) is 3.43. The molecule has 3 atom stereocenters. The summed E-state index contributed by atoms with van der Waals surface area (Å²) < 4.78 is 0. The Morgan fingerprint density at radius 3 is 2.50 bits per heavy atom. The van der Waals surface area contributed by atoms with Crippen molar-refractivity contribution in [3.8, 4) is 0 Å². The number of nitrogens with one attached hydrogen (secondary N) is 1. The minimum Gasteiger partial charge on any atom is -0.308 e. The highest BCUT2D eigenvalue weighted by atomic mass is 15.1. The summed E-state index contributed by atoms with van der Waals surface area (Å²) in [5.74, 6) is 0.887. The summed E-state index contributed by atoms with van der Waals surface area (Å²) in [7, 11) is 4.30. The molecule has 1 fully saturated rings. The molecule has 0 bridgehead atoms. The second kappa shape index (κ2) is 6.35. The van der Waals surface area contributed by atoms with E-state index in [4.69, 9.17) is 0 Å². The van der Waals surface area contributed by atoms with Crippen LogP contribution in [-0.2, 0) is 0 Å². The molecule has 2 nitrogen and oxygen atoms in total. The molecule has 18 heavy (non-hydrogen) atoms. The summed E-state index contributed by atoms with van der Waals surface area (Å²) in [5, 5.41) is 3.85. The average Bonchev–Trinajstić information content (AvgIpc) is 2.75. The topological polar surface area (TPSA) is 15.3 Å². The summed E-state index contributed by atoms with van der Waals surface area (Å²) in [6, 6.07) is 12.0. The minimum atomic E-state index is 0.455. The Balaban J connectivity index is 2.01. The van der Waals surface area contributed by atoms with Crippen LogP contribution in [0.4, 0.5) is 0 Å². The summed E-state index contributed by atoms with van der Waals surface area (Å²) in [5.41, 5.74) is 1.41. The van der Waals surface area contributed by atoms with E-state index in [9.17, 15) is 0 Å². The Morgan fingerprint density at radius 1 is 1.22 bits per heavy atom. The molecular weight excluding hydrogens is 220 g/mol. The second-order valence-electron chi connectivity index (χ2n) is 6.01. The van der Waals surface area contributed by atoms with Crippen LogP contribution in [0.2, 0.25) is 0 Å². The van der Waals surface area contributed by atoms with E-state index < -0.39 is 0 Å². The van der Waals surface area contributed by atoms with Gasteiger partial charge in [-0.3, -0.25) is 0 Å². The highest BCUT2D eigenvalue weighted by molar-refractivity contribution is 5.19. The van der Waals surface area contributed by atoms with E-state index in [0.29, 0.717) is 12.1 Å². The largest absolute Gasteiger partial charge is 0.308 e. The maximum Gasteiger partial charge on any atom is 0.0451 e. The van der Waals surface area contributed by atoms with Crippen LogP contribution in [0.25, 0.3) is 0 Å². The number of hydrogen-bond acceptors (Lipinski definition) is 2. The van der Waals surface area contributed by atoms with Gasteiger partial charge in [-0.25, -0.2) is 0 Å². The zero-order valence-electron chi connectivity index (χ0n) is 11.9. The lowest BCUT2D eigenvalue weighted by atomic mass is 10.0. The first kappa shape index (κ1) is 13.6. The van der Waals surface area contributed by atoms with E-state index in [2.05, 4.69) is 61.6 Å². The molecule has 0 saturated heterocycles. The van der Waals surface area contributed by atoms with Gasteiger partial charge < -0.3 is 10.2 Å². The zero-order valence-corrected chi connectivity index (χ0v) is 11.9. The molecule has 2 heteroatoms. The predicted molar refractivity (Wildman–Crippen MR) is 77.7 cm³/mol. The van der Waals surface area contributed by atoms with Crippen LogP contribution in [0, 0.1) is 5.92 Å². The first-order chi connectivity index (χ1) is 8.65. The van der Waals surface area contributed by atoms with Gasteiger partial charge in [0.25, 0.3) is 0 Å². The van der Waals surface area contributed by atoms with Crippen LogP contribution in [0.3, 0.4) is 0 Å². The summed E-state index contributed by atoms with van der Waals surface area (Å²) in [6.07, 6.45) is 4.04. The monoisotopic (exact) mass is 246 g/mol. The number of benzene rings is 1. The standard InChI is InChI=1S/C16H26N2/c1-13-9-10-15(11-13)17-16(12-18(2)3)14-7-5-4-6-8-14/h4-8,13,15-17H,9-12H2,1-3H3. The Hall–Kier alpha value is -0.860. The molecule has 0 spiro atoms. The molecule has 0 heterocycles. The maximum absolute atomic E-state index is 3.85. The number of hydrogen-bond donors (Lipinski definition) is 1. The normalized spacial score (nSPS) is 25.6. The van der Waals surface area contributed by atoms with Crippen molar-refractivity contribution in [3.63, 3.8) is 0 Å². The molecule has 1 N–H and O–H groups in total. The molecule has 3 unspecified atom stereocenters. The molecule has 1 aliphatic rings. The third kappa shape index (κ3) is 3.82. The van der Waals surface area contributed by atoms with E-state index in [0.717, 1.165) is 12.5 Å². The fraction of sp³-hybridized carbons (Fsp3) is 0.625. The SMILES string of the molecule is CC1CCC(NC(CN(C)C)c2ccccc2)C1. The molecule has 0 aliphatic heterocycles. The van der Waals surface area contributed by atoms with Crippen molar-refractivity contribution in [2.24, 2.45) is 5.92 Å². The molecule has 0 aromatic heterocycles. The Morgan fingerprint density at radius 2 is 1.94 bits per heavy atom. The predicted octanol–water partition coefficient (Wildman–Crippen LogP) is 3.07. The molecule has 2 rings (SSSR count). The van der Waals surface area contributed by atoms with Gasteiger partial charge in [0, 0.05) is 18.6 Å². The minimum absolute atomic E-state index is 0.455. The number of likely N-dealkylation sites (N-methyl/N-ethyl adjacent to an activating group) is 1. The van der Waals surface area contributed by atoms with Crippen molar-refractivity contribution in [3.05, 3.63) is 35.9 Å². The van der Waals surface area contributed by atoms with Crippen molar-refractivity contribution >= 4 is 0 Å². The molecule has 0 radical (unpaired) electrons. The van der Waals surface area contributed by atoms with Gasteiger partial charge in [0.15, 0.2) is 0 Å². The van der Waals surface area contributed by atoms with Crippen molar-refractivity contribution in [2.45, 2.75) is 38.3 Å². The van der Waals surface area contributed by atoms with Crippen molar-refractivity contribution in [1.82, 2.24) is 10.2 Å². The Kier molecular flexibility index (Phi) is 4.79. The van der Waals surface area contributed by atoms with Crippen molar-refractivity contribution in [1.29, 1.82) is 0 Å². The Bertz CT molecular complexity index is 347. The van der Waals surface area contributed by atoms with Gasteiger partial charge in [0.05, 0.1) is 0 Å². The lowest BCUT2D eigenvalue weighted by Crippen LogP contribution is -2.36. The summed E-state index contributed by atoms with van der Waals surface area (Å²) >= 11 is 0. The summed E-state index contributed by atoms with van der Waals surface area (Å²) in [4.78, 5) is 2.27. The average molecular weight is 246 g/mol. The van der Waals surface area contributed by atoms with Crippen LogP contribution >= 0.6 is 0 Å². The van der Waals surface area contributed by atoms with Gasteiger partial charge in [-0.1, -0.05) is 37.3 Å². The molecule has 1 aromatic carbocycles.